The van der Waals surface area contributed by atoms with E-state index in [9.17, 15) is 4.79 Å². The van der Waals surface area contributed by atoms with E-state index >= 15 is 0 Å². The van der Waals surface area contributed by atoms with Gasteiger partial charge in [0.15, 0.2) is 0 Å². The highest BCUT2D eigenvalue weighted by molar-refractivity contribution is 5.98. The third kappa shape index (κ3) is 3.97. The van der Waals surface area contributed by atoms with Crippen molar-refractivity contribution in [2.75, 3.05) is 26.2 Å². The molecule has 188 valence electrons. The molecule has 1 amide bonds. The Morgan fingerprint density at radius 3 is 2.62 bits per heavy atom. The lowest BCUT2D eigenvalue weighted by Gasteiger charge is -2.38. The molecule has 0 bridgehead atoms. The topological polar surface area (TPSA) is 52.2 Å². The van der Waals surface area contributed by atoms with Crippen molar-refractivity contribution in [1.29, 1.82) is 0 Å². The van der Waals surface area contributed by atoms with Crippen LogP contribution in [0, 0.1) is 0 Å². The van der Waals surface area contributed by atoms with Gasteiger partial charge >= 0.3 is 0 Å². The molecule has 2 aromatic carbocycles. The summed E-state index contributed by atoms with van der Waals surface area (Å²) in [6.45, 7) is 7.39. The van der Waals surface area contributed by atoms with Gasteiger partial charge in [-0.2, -0.15) is 0 Å². The van der Waals surface area contributed by atoms with Crippen molar-refractivity contribution in [2.24, 2.45) is 0 Å². The molecule has 2 aliphatic heterocycles. The molecular weight excluding hydrogens is 456 g/mol. The lowest BCUT2D eigenvalue weighted by atomic mass is 9.76. The van der Waals surface area contributed by atoms with Gasteiger partial charge in [-0.15, -0.1) is 0 Å². The zero-order chi connectivity index (χ0) is 24.9. The number of H-pyrrole nitrogens is 1. The Bertz CT molecular complexity index is 1480. The number of nitrogens with one attached hydrogen (secondary N) is 1. The monoisotopic (exact) mass is 490 g/mol. The molecule has 37 heavy (non-hydrogen) atoms. The molecule has 5 nitrogen and oxygen atoms in total. The number of hydrogen-bond donors (Lipinski definition) is 1. The van der Waals surface area contributed by atoms with Crippen molar-refractivity contribution in [2.45, 2.75) is 51.5 Å². The highest BCUT2D eigenvalue weighted by atomic mass is 16.2. The smallest absolute Gasteiger partial charge is 0.253 e. The Morgan fingerprint density at radius 2 is 1.81 bits per heavy atom. The van der Waals surface area contributed by atoms with E-state index in [0.717, 1.165) is 66.7 Å². The molecule has 4 aromatic rings. The molecule has 0 spiro atoms. The molecule has 5 heteroatoms. The fourth-order valence-electron chi connectivity index (χ4n) is 6.83. The summed E-state index contributed by atoms with van der Waals surface area (Å²) in [6.07, 6.45) is 10.1. The second-order valence-corrected chi connectivity index (χ2v) is 11.0. The minimum absolute atomic E-state index is 0.146. The summed E-state index contributed by atoms with van der Waals surface area (Å²) in [5.74, 6) is 0.839. The van der Waals surface area contributed by atoms with Gasteiger partial charge in [0.2, 0.25) is 0 Å². The molecule has 3 aliphatic rings. The van der Waals surface area contributed by atoms with Gasteiger partial charge in [-0.05, 0) is 96.6 Å². The number of nitrogens with zero attached hydrogens (tertiary/aromatic N) is 3. The number of carbonyl (C=O) groups is 1. The van der Waals surface area contributed by atoms with Crippen molar-refractivity contribution < 1.29 is 4.79 Å². The molecule has 4 heterocycles. The van der Waals surface area contributed by atoms with E-state index in [2.05, 4.69) is 47.1 Å². The van der Waals surface area contributed by atoms with Gasteiger partial charge in [0.05, 0.1) is 0 Å². The van der Waals surface area contributed by atoms with Crippen LogP contribution in [0.1, 0.15) is 65.6 Å². The summed E-state index contributed by atoms with van der Waals surface area (Å²) < 4.78 is 0. The summed E-state index contributed by atoms with van der Waals surface area (Å²) >= 11 is 0. The van der Waals surface area contributed by atoms with Crippen molar-refractivity contribution in [3.05, 3.63) is 77.1 Å². The van der Waals surface area contributed by atoms with E-state index < -0.39 is 0 Å². The van der Waals surface area contributed by atoms with Gasteiger partial charge in [0.25, 0.3) is 5.91 Å². The number of carbonyl (C=O) groups excluding carboxylic acids is 1. The van der Waals surface area contributed by atoms with Gasteiger partial charge in [-0.3, -0.25) is 9.69 Å². The Balaban J connectivity index is 1.24. The fourth-order valence-corrected chi connectivity index (χ4v) is 6.83. The lowest BCUT2D eigenvalue weighted by molar-refractivity contribution is 0.0793. The van der Waals surface area contributed by atoms with Gasteiger partial charge in [0.1, 0.15) is 5.65 Å². The number of likely N-dealkylation sites (tertiary alicyclic amines) is 1. The van der Waals surface area contributed by atoms with E-state index in [1.807, 2.05) is 29.4 Å². The normalized spacial score (nSPS) is 19.4. The van der Waals surface area contributed by atoms with Crippen molar-refractivity contribution in [3.63, 3.8) is 0 Å². The molecule has 0 radical (unpaired) electrons. The number of rotatable bonds is 4. The number of aromatic nitrogens is 2. The second kappa shape index (κ2) is 9.14. The van der Waals surface area contributed by atoms with Crippen LogP contribution < -0.4 is 0 Å². The Hall–Kier alpha value is -3.44. The van der Waals surface area contributed by atoms with Crippen LogP contribution in [0.3, 0.4) is 0 Å². The first kappa shape index (κ1) is 22.7. The van der Waals surface area contributed by atoms with Crippen LogP contribution in [0.15, 0.2) is 54.9 Å². The summed E-state index contributed by atoms with van der Waals surface area (Å²) in [5.41, 5.74) is 11.0. The zero-order valence-electron chi connectivity index (χ0n) is 21.6. The average molecular weight is 491 g/mol. The third-order valence-electron chi connectivity index (χ3n) is 8.78. The highest BCUT2D eigenvalue weighted by Crippen LogP contribution is 2.41. The number of benzene rings is 2. The van der Waals surface area contributed by atoms with Crippen molar-refractivity contribution >= 4 is 16.9 Å². The average Bonchev–Trinajstić information content (AvgIpc) is 3.63. The minimum Gasteiger partial charge on any atom is -0.346 e. The lowest BCUT2D eigenvalue weighted by Crippen LogP contribution is -2.35. The Labute approximate surface area is 218 Å². The first-order chi connectivity index (χ1) is 18.2. The van der Waals surface area contributed by atoms with Crippen molar-refractivity contribution in [3.8, 4) is 22.3 Å². The van der Waals surface area contributed by atoms with E-state index in [1.165, 1.54) is 42.5 Å². The number of hydrogen-bond acceptors (Lipinski definition) is 3. The summed E-state index contributed by atoms with van der Waals surface area (Å²) in [4.78, 5) is 25.5. The van der Waals surface area contributed by atoms with Crippen LogP contribution in [0.2, 0.25) is 0 Å². The number of aromatic amines is 1. The third-order valence-corrected chi connectivity index (χ3v) is 8.78. The predicted octanol–water partition coefficient (Wildman–Crippen LogP) is 6.39. The minimum atomic E-state index is 0.146. The van der Waals surface area contributed by atoms with E-state index in [0.29, 0.717) is 5.92 Å². The van der Waals surface area contributed by atoms with Crippen LogP contribution in [-0.4, -0.2) is 51.9 Å². The molecule has 0 saturated carbocycles. The van der Waals surface area contributed by atoms with Gasteiger partial charge in [-0.25, -0.2) is 4.98 Å². The number of aryl methyl sites for hydroxylation is 1. The first-order valence-electron chi connectivity index (χ1n) is 13.9. The maximum atomic E-state index is 12.8. The van der Waals surface area contributed by atoms with Crippen LogP contribution >= 0.6 is 0 Å². The molecule has 1 saturated heterocycles. The molecule has 1 N–H and O–H groups in total. The molecule has 2 aromatic heterocycles. The summed E-state index contributed by atoms with van der Waals surface area (Å²) in [7, 11) is 0. The number of pyridine rings is 1. The quantitative estimate of drug-likeness (QED) is 0.361. The molecule has 1 fully saturated rings. The Kier molecular flexibility index (Phi) is 5.62. The molecular formula is C32H34N4O. The summed E-state index contributed by atoms with van der Waals surface area (Å²) in [6, 6.07) is 15.2. The van der Waals surface area contributed by atoms with Crippen LogP contribution in [0.25, 0.3) is 33.3 Å². The van der Waals surface area contributed by atoms with E-state index in [4.69, 9.17) is 4.98 Å². The van der Waals surface area contributed by atoms with Crippen LogP contribution in [0.4, 0.5) is 0 Å². The zero-order valence-corrected chi connectivity index (χ0v) is 21.6. The second-order valence-electron chi connectivity index (χ2n) is 11.0. The van der Waals surface area contributed by atoms with Crippen LogP contribution in [-0.2, 0) is 13.0 Å². The van der Waals surface area contributed by atoms with E-state index in [1.54, 1.807) is 11.1 Å². The van der Waals surface area contributed by atoms with E-state index in [-0.39, 0.29) is 5.91 Å². The number of likely N-dealkylation sites (N-methyl/N-ethyl adjacent to an activating group) is 1. The molecule has 1 atom stereocenters. The fraction of sp³-hybridized carbons (Fsp3) is 0.375. The van der Waals surface area contributed by atoms with Crippen LogP contribution in [0.5, 0.6) is 0 Å². The molecule has 1 aliphatic carbocycles. The van der Waals surface area contributed by atoms with Gasteiger partial charge < -0.3 is 9.88 Å². The van der Waals surface area contributed by atoms with Gasteiger partial charge in [0, 0.05) is 60.6 Å². The molecule has 1 unspecified atom stereocenters. The molecule has 7 rings (SSSR count). The SMILES string of the molecule is CCN1Cc2cc(-c3cnc4[nH]cc(-c5ccc(C(=O)N6CCCC6)cc5)c4c3)cc3c2C(CCC3)C1. The maximum Gasteiger partial charge on any atom is 0.253 e. The highest BCUT2D eigenvalue weighted by Gasteiger charge is 2.30. The first-order valence-corrected chi connectivity index (χ1v) is 13.9. The Morgan fingerprint density at radius 1 is 1.00 bits per heavy atom. The predicted molar refractivity (Wildman–Crippen MR) is 149 cm³/mol. The number of amides is 1. The maximum absolute atomic E-state index is 12.8. The summed E-state index contributed by atoms with van der Waals surface area (Å²) in [5, 5.41) is 1.12. The van der Waals surface area contributed by atoms with Crippen molar-refractivity contribution in [1.82, 2.24) is 19.8 Å². The van der Waals surface area contributed by atoms with Gasteiger partial charge in [-0.1, -0.05) is 25.1 Å². The number of fused-ring (bicyclic) bond motifs is 1. The standard InChI is InChI=1S/C32H34N4O/c1-2-35-19-24-7-5-6-23-14-25(15-27(20-35)30(23)24)26-16-28-29(18-34-31(28)33-17-26)21-8-10-22(11-9-21)32(37)36-12-3-4-13-36/h8-11,14-18,24H,2-7,12-13,19-20H2,1H3,(H,33,34). The largest absolute Gasteiger partial charge is 0.346 e.